The van der Waals surface area contributed by atoms with Gasteiger partial charge in [0.1, 0.15) is 0 Å². The summed E-state index contributed by atoms with van der Waals surface area (Å²) in [6.45, 7) is 0.0497. The minimum absolute atomic E-state index is 0.0188. The predicted octanol–water partition coefficient (Wildman–Crippen LogP) is 0.628. The molecular formula is C12H8N2O4S2. The molecule has 2 amide bonds. The summed E-state index contributed by atoms with van der Waals surface area (Å²) in [6.07, 6.45) is 0. The Labute approximate surface area is 119 Å². The molecule has 0 unspecified atom stereocenters. The molecule has 2 heterocycles. The Kier molecular flexibility index (Phi) is 3.11. The van der Waals surface area contributed by atoms with Crippen LogP contribution in [0.25, 0.3) is 0 Å². The number of fused-ring (bicyclic) bond motifs is 1. The summed E-state index contributed by atoms with van der Waals surface area (Å²) in [5.41, 5.74) is 0.723. The van der Waals surface area contributed by atoms with Gasteiger partial charge < -0.3 is 0 Å². The number of imide groups is 1. The largest absolute Gasteiger partial charge is 0.320 e. The van der Waals surface area contributed by atoms with E-state index in [9.17, 15) is 19.2 Å². The normalized spacial score (nSPS) is 13.9. The van der Waals surface area contributed by atoms with Crippen LogP contribution in [-0.4, -0.2) is 27.8 Å². The Morgan fingerprint density at radius 1 is 0.800 bits per heavy atom. The van der Waals surface area contributed by atoms with Gasteiger partial charge in [-0.05, 0) is 32.8 Å². The van der Waals surface area contributed by atoms with Crippen LogP contribution in [0.15, 0.2) is 33.9 Å². The van der Waals surface area contributed by atoms with Gasteiger partial charge in [0.05, 0.1) is 11.1 Å². The molecule has 6 nitrogen and oxygen atoms in total. The topological polar surface area (TPSA) is 76.5 Å². The number of benzene rings is 1. The molecule has 1 aromatic carbocycles. The molecule has 20 heavy (non-hydrogen) atoms. The maximum absolute atomic E-state index is 12.1. The summed E-state index contributed by atoms with van der Waals surface area (Å²) in [5.74, 6) is -0.769. The molecule has 0 atom stereocenters. The molecule has 0 saturated carbocycles. The van der Waals surface area contributed by atoms with Crippen LogP contribution in [0.3, 0.4) is 0 Å². The van der Waals surface area contributed by atoms with Crippen LogP contribution in [0, 0.1) is 0 Å². The highest BCUT2D eigenvalue weighted by molar-refractivity contribution is 7.67. The van der Waals surface area contributed by atoms with Gasteiger partial charge in [-0.2, -0.15) is 0 Å². The summed E-state index contributed by atoms with van der Waals surface area (Å²) >= 11 is 0. The number of rotatable bonds is 3. The van der Waals surface area contributed by atoms with E-state index in [1.54, 1.807) is 24.3 Å². The third kappa shape index (κ3) is 1.93. The molecule has 0 aliphatic carbocycles. The number of hydrogen-bond acceptors (Lipinski definition) is 6. The maximum atomic E-state index is 12.1. The number of carbonyl (C=O) groups excluding carboxylic acids is 2. The molecule has 0 spiro atoms. The number of nitrogens with zero attached hydrogens (tertiary/aromatic N) is 2. The SMILES string of the molecule is O=C1c2ccccc2C(=O)N1CCn1c(=O)ssc1=O. The molecule has 0 saturated heterocycles. The minimum atomic E-state index is -0.384. The standard InChI is InChI=1S/C12H8N2O4S2/c15-9-7-3-1-2-4-8(7)10(16)13(9)5-6-14-11(17)19-20-12(14)18/h1-4H,5-6H2. The summed E-state index contributed by atoms with van der Waals surface area (Å²) in [6, 6.07) is 6.56. The van der Waals surface area contributed by atoms with Crippen molar-refractivity contribution in [3.05, 3.63) is 54.7 Å². The average molecular weight is 308 g/mol. The molecule has 1 aromatic heterocycles. The number of hydrogen-bond donors (Lipinski definition) is 0. The van der Waals surface area contributed by atoms with Crippen molar-refractivity contribution in [2.45, 2.75) is 6.54 Å². The van der Waals surface area contributed by atoms with Crippen molar-refractivity contribution in [2.24, 2.45) is 0 Å². The monoisotopic (exact) mass is 308 g/mol. The lowest BCUT2D eigenvalue weighted by Crippen LogP contribution is -2.36. The summed E-state index contributed by atoms with van der Waals surface area (Å²) < 4.78 is 1.04. The molecule has 1 aliphatic rings. The molecule has 102 valence electrons. The summed E-state index contributed by atoms with van der Waals surface area (Å²) in [5, 5.41) is 0. The Bertz CT molecular complexity index is 755. The van der Waals surface area contributed by atoms with Gasteiger partial charge in [0.25, 0.3) is 11.8 Å². The van der Waals surface area contributed by atoms with E-state index in [4.69, 9.17) is 0 Å². The van der Waals surface area contributed by atoms with E-state index in [0.717, 1.165) is 30.1 Å². The molecule has 3 rings (SSSR count). The van der Waals surface area contributed by atoms with Crippen molar-refractivity contribution < 1.29 is 9.59 Å². The van der Waals surface area contributed by atoms with E-state index in [0.29, 0.717) is 11.1 Å². The minimum Gasteiger partial charge on any atom is -0.273 e. The molecule has 2 aromatic rings. The zero-order chi connectivity index (χ0) is 14.3. The van der Waals surface area contributed by atoms with Crippen molar-refractivity contribution in [3.8, 4) is 0 Å². The van der Waals surface area contributed by atoms with E-state index in [1.165, 1.54) is 0 Å². The highest BCUT2D eigenvalue weighted by atomic mass is 32.9. The fraction of sp³-hybridized carbons (Fsp3) is 0.167. The Hall–Kier alpha value is -2.06. The molecule has 8 heteroatoms. The van der Waals surface area contributed by atoms with E-state index in [1.807, 2.05) is 0 Å². The second-order valence-electron chi connectivity index (χ2n) is 4.16. The highest BCUT2D eigenvalue weighted by Gasteiger charge is 2.34. The molecule has 0 fully saturated rings. The van der Waals surface area contributed by atoms with E-state index >= 15 is 0 Å². The Balaban J connectivity index is 1.84. The van der Waals surface area contributed by atoms with E-state index in [-0.39, 0.29) is 34.6 Å². The molecule has 0 bridgehead atoms. The summed E-state index contributed by atoms with van der Waals surface area (Å²) in [7, 11) is 1.70. The van der Waals surface area contributed by atoms with E-state index in [2.05, 4.69) is 0 Å². The number of amides is 2. The van der Waals surface area contributed by atoms with Crippen molar-refractivity contribution >= 4 is 32.5 Å². The fourth-order valence-electron chi connectivity index (χ4n) is 2.06. The average Bonchev–Trinajstić information content (AvgIpc) is 2.89. The number of aromatic nitrogens is 1. The quantitative estimate of drug-likeness (QED) is 0.615. The van der Waals surface area contributed by atoms with Crippen LogP contribution in [0.1, 0.15) is 20.7 Å². The molecule has 0 N–H and O–H groups in total. The first-order valence-electron chi connectivity index (χ1n) is 5.75. The van der Waals surface area contributed by atoms with Gasteiger partial charge in [-0.25, -0.2) is 0 Å². The lowest BCUT2D eigenvalue weighted by atomic mass is 10.1. The van der Waals surface area contributed by atoms with Crippen molar-refractivity contribution in [2.75, 3.05) is 6.54 Å². The summed E-state index contributed by atoms with van der Waals surface area (Å²) in [4.78, 5) is 47.4. The fourth-order valence-corrected chi connectivity index (χ4v) is 3.76. The molecule has 1 aliphatic heterocycles. The number of carbonyl (C=O) groups is 2. The van der Waals surface area contributed by atoms with Gasteiger partial charge in [0.2, 0.25) is 0 Å². The highest BCUT2D eigenvalue weighted by Crippen LogP contribution is 2.21. The lowest BCUT2D eigenvalue weighted by Gasteiger charge is -2.12. The zero-order valence-electron chi connectivity index (χ0n) is 10.1. The van der Waals surface area contributed by atoms with Crippen LogP contribution >= 0.6 is 20.7 Å². The Morgan fingerprint density at radius 3 is 1.80 bits per heavy atom. The van der Waals surface area contributed by atoms with Crippen molar-refractivity contribution in [3.63, 3.8) is 0 Å². The van der Waals surface area contributed by atoms with Crippen molar-refractivity contribution in [1.29, 1.82) is 0 Å². The van der Waals surface area contributed by atoms with Crippen LogP contribution in [0.2, 0.25) is 0 Å². The molecule has 0 radical (unpaired) electrons. The predicted molar refractivity (Wildman–Crippen MR) is 74.5 cm³/mol. The third-order valence-electron chi connectivity index (χ3n) is 3.05. The second-order valence-corrected chi connectivity index (χ2v) is 6.19. The van der Waals surface area contributed by atoms with Crippen LogP contribution in [0.5, 0.6) is 0 Å². The first kappa shape index (κ1) is 12.9. The van der Waals surface area contributed by atoms with Gasteiger partial charge in [-0.15, -0.1) is 0 Å². The van der Waals surface area contributed by atoms with Gasteiger partial charge in [0, 0.05) is 13.1 Å². The molecular weight excluding hydrogens is 300 g/mol. The van der Waals surface area contributed by atoms with Gasteiger partial charge in [-0.1, -0.05) is 12.1 Å². The second kappa shape index (κ2) is 4.80. The smallest absolute Gasteiger partial charge is 0.273 e. The van der Waals surface area contributed by atoms with E-state index < -0.39 is 0 Å². The maximum Gasteiger partial charge on any atom is 0.320 e. The van der Waals surface area contributed by atoms with Gasteiger partial charge in [0.15, 0.2) is 0 Å². The van der Waals surface area contributed by atoms with Crippen LogP contribution < -0.4 is 9.75 Å². The van der Waals surface area contributed by atoms with Crippen LogP contribution in [0.4, 0.5) is 0 Å². The van der Waals surface area contributed by atoms with Crippen LogP contribution in [-0.2, 0) is 6.54 Å². The zero-order valence-corrected chi connectivity index (χ0v) is 11.7. The first-order chi connectivity index (χ1) is 9.59. The Morgan fingerprint density at radius 2 is 1.30 bits per heavy atom. The third-order valence-corrected chi connectivity index (χ3v) is 4.97. The van der Waals surface area contributed by atoms with Gasteiger partial charge in [-0.3, -0.25) is 28.6 Å². The lowest BCUT2D eigenvalue weighted by molar-refractivity contribution is 0.0648. The van der Waals surface area contributed by atoms with Gasteiger partial charge >= 0.3 is 9.75 Å². The first-order valence-corrected chi connectivity index (χ1v) is 7.90. The van der Waals surface area contributed by atoms with Crippen molar-refractivity contribution in [1.82, 2.24) is 9.47 Å².